The topological polar surface area (TPSA) is 132 Å². The zero-order chi connectivity index (χ0) is 35.8. The molecule has 3 aromatic rings. The summed E-state index contributed by atoms with van der Waals surface area (Å²) in [6, 6.07) is 18.9. The smallest absolute Gasteiger partial charge is 0.264 e. The Bertz CT molecular complexity index is 1730. The fraction of sp³-hybridized carbons (Fsp3) is 0.474. The summed E-state index contributed by atoms with van der Waals surface area (Å²) in [5.41, 5.74) is 3.25. The number of ether oxygens (including phenoxy) is 2. The maximum absolute atomic E-state index is 14.8. The number of carbonyl (C=O) groups is 2. The fourth-order valence-electron chi connectivity index (χ4n) is 8.30. The molecule has 5 atom stereocenters. The number of rotatable bonds is 13. The van der Waals surface area contributed by atoms with E-state index >= 15 is 0 Å². The lowest BCUT2D eigenvalue weighted by atomic mass is 9.82. The van der Waals surface area contributed by atoms with Crippen LogP contribution in [0, 0.1) is 5.92 Å². The molecule has 1 spiro atoms. The van der Waals surface area contributed by atoms with E-state index in [0.717, 1.165) is 44.7 Å². The van der Waals surface area contributed by atoms with Gasteiger partial charge in [-0.25, -0.2) is 0 Å². The van der Waals surface area contributed by atoms with Crippen LogP contribution < -0.4 is 19.9 Å². The maximum atomic E-state index is 14.8. The number of aliphatic hydroxyl groups is 2. The van der Waals surface area contributed by atoms with E-state index in [4.69, 9.17) is 9.47 Å². The van der Waals surface area contributed by atoms with Crippen LogP contribution in [0.1, 0.15) is 49.8 Å². The predicted octanol–water partition coefficient (Wildman–Crippen LogP) is 5.53. The second-order valence-electron chi connectivity index (χ2n) is 14.1. The summed E-state index contributed by atoms with van der Waals surface area (Å²) in [5, 5.41) is 22.6. The van der Waals surface area contributed by atoms with Crippen LogP contribution >= 0.6 is 15.9 Å². The highest BCUT2D eigenvalue weighted by Gasteiger charge is 2.66. The van der Waals surface area contributed by atoms with Crippen LogP contribution in [-0.2, 0) is 32.9 Å². The first-order chi connectivity index (χ1) is 23.9. The van der Waals surface area contributed by atoms with Crippen molar-refractivity contribution in [2.24, 2.45) is 5.92 Å². The molecule has 1 saturated heterocycles. The van der Waals surface area contributed by atoms with Crippen molar-refractivity contribution in [3.8, 4) is 5.75 Å². The average molecular weight is 767 g/mol. The van der Waals surface area contributed by atoms with Gasteiger partial charge in [0.1, 0.15) is 5.75 Å². The Hall–Kier alpha value is -3.10. The molecule has 3 aromatic carbocycles. The van der Waals surface area contributed by atoms with Gasteiger partial charge in [-0.2, -0.15) is 0 Å². The number of hydrogen-bond donors (Lipinski definition) is 4. The van der Waals surface area contributed by atoms with Crippen molar-refractivity contribution >= 4 is 53.1 Å². The Morgan fingerprint density at radius 3 is 2.54 bits per heavy atom. The van der Waals surface area contributed by atoms with Gasteiger partial charge >= 0.3 is 0 Å². The number of unbranched alkanes of at least 4 members (excludes halogenated alkanes) is 1. The zero-order valence-corrected chi connectivity index (χ0v) is 31.8. The van der Waals surface area contributed by atoms with Crippen LogP contribution in [0.5, 0.6) is 5.75 Å². The van der Waals surface area contributed by atoms with E-state index in [1.165, 1.54) is 0 Å². The molecule has 0 radical (unpaired) electrons. The van der Waals surface area contributed by atoms with Crippen LogP contribution in [0.3, 0.4) is 0 Å². The van der Waals surface area contributed by atoms with Gasteiger partial charge in [0.15, 0.2) is 13.9 Å². The monoisotopic (exact) mass is 765 g/mol. The Morgan fingerprint density at radius 1 is 1.04 bits per heavy atom. The van der Waals surface area contributed by atoms with Crippen molar-refractivity contribution in [3.63, 3.8) is 0 Å². The Labute approximate surface area is 303 Å². The summed E-state index contributed by atoms with van der Waals surface area (Å²) in [6.07, 6.45) is 1.81. The molecule has 0 aliphatic carbocycles. The molecule has 1 fully saturated rings. The molecule has 50 heavy (non-hydrogen) atoms. The highest BCUT2D eigenvalue weighted by Crippen LogP contribution is 2.60. The first kappa shape index (κ1) is 36.7. The molecule has 0 saturated carbocycles. The van der Waals surface area contributed by atoms with Gasteiger partial charge in [-0.1, -0.05) is 35.0 Å². The number of hydrogen-bond acceptors (Lipinski definition) is 8. The molecule has 268 valence electrons. The number of benzene rings is 3. The van der Waals surface area contributed by atoms with Crippen molar-refractivity contribution in [1.29, 1.82) is 0 Å². The minimum Gasteiger partial charge on any atom is -0.494 e. The summed E-state index contributed by atoms with van der Waals surface area (Å²) in [4.78, 5) is 43.8. The van der Waals surface area contributed by atoms with Gasteiger partial charge in [0, 0.05) is 40.4 Å². The van der Waals surface area contributed by atoms with E-state index in [9.17, 15) is 24.6 Å². The summed E-state index contributed by atoms with van der Waals surface area (Å²) in [7, 11) is -2.81. The lowest BCUT2D eigenvalue weighted by molar-refractivity contribution is -0.146. The standard InChI is InChI=1S/C38H48BrN3O7Si/c1-5-48-29-12-14-32-26(20-29)21-31(40-16-6-7-17-43)36(45)42(32)28-10-8-9-25(19-28)23-41-33-13-11-27(39)22-30(33)38(37(41)46)24(2)35(50(3,4)47)34(49-38)15-18-44/h8-14,19-20,22,24,31,34-35,40,43-44,47H,5-7,15-18,21,23H2,1-4H3/t24-,31?,34+,35-,38+/m0/s1. The molecule has 4 N–H and O–H groups in total. The summed E-state index contributed by atoms with van der Waals surface area (Å²) < 4.78 is 13.4. The van der Waals surface area contributed by atoms with E-state index in [1.807, 2.05) is 87.6 Å². The SMILES string of the molecule is CCOc1ccc2c(c1)CC(NCCCCO)C(=O)N2c1cccc(CN2C(=O)[C@]3(O[C@H](CCO)[C@@H]([Si](C)(C)O)[C@@H]3C)c3cc(Br)ccc32)c1. The number of aliphatic hydroxyl groups excluding tert-OH is 2. The third-order valence-corrected chi connectivity index (χ3v) is 13.4. The number of nitrogens with one attached hydrogen (secondary N) is 1. The Kier molecular flexibility index (Phi) is 10.9. The minimum atomic E-state index is -2.81. The number of anilines is 3. The number of fused-ring (bicyclic) bond motifs is 3. The van der Waals surface area contributed by atoms with E-state index in [-0.39, 0.29) is 43.0 Å². The van der Waals surface area contributed by atoms with Crippen LogP contribution in [0.2, 0.25) is 18.6 Å². The molecule has 3 heterocycles. The first-order valence-corrected chi connectivity index (χ1v) is 21.4. The second-order valence-corrected chi connectivity index (χ2v) is 19.0. The van der Waals surface area contributed by atoms with Crippen LogP contribution in [0.25, 0.3) is 0 Å². The molecule has 0 bridgehead atoms. The molecule has 12 heteroatoms. The Balaban J connectivity index is 1.35. The summed E-state index contributed by atoms with van der Waals surface area (Å²) in [6.45, 7) is 9.07. The quantitative estimate of drug-likeness (QED) is 0.132. The molecule has 6 rings (SSSR count). The highest BCUT2D eigenvalue weighted by atomic mass is 79.9. The molecule has 1 unspecified atom stereocenters. The van der Waals surface area contributed by atoms with Crippen molar-refractivity contribution in [2.75, 3.05) is 36.2 Å². The van der Waals surface area contributed by atoms with Gasteiger partial charge in [0.05, 0.1) is 36.7 Å². The number of nitrogens with zero attached hydrogens (tertiary/aromatic N) is 2. The largest absolute Gasteiger partial charge is 0.494 e. The summed E-state index contributed by atoms with van der Waals surface area (Å²) >= 11 is 3.61. The number of halogens is 1. The molecular weight excluding hydrogens is 718 g/mol. The number of carbonyl (C=O) groups excluding carboxylic acids is 2. The van der Waals surface area contributed by atoms with Crippen LogP contribution in [-0.4, -0.2) is 73.7 Å². The average Bonchev–Trinajstić information content (AvgIpc) is 3.49. The third kappa shape index (κ3) is 6.67. The van der Waals surface area contributed by atoms with E-state index < -0.39 is 26.1 Å². The lowest BCUT2D eigenvalue weighted by Crippen LogP contribution is -2.49. The van der Waals surface area contributed by atoms with Gasteiger partial charge in [0.25, 0.3) is 5.91 Å². The zero-order valence-electron chi connectivity index (χ0n) is 29.2. The molecule has 3 aliphatic heterocycles. The highest BCUT2D eigenvalue weighted by molar-refractivity contribution is 9.10. The first-order valence-electron chi connectivity index (χ1n) is 17.6. The van der Waals surface area contributed by atoms with Gasteiger partial charge in [-0.3, -0.25) is 14.5 Å². The van der Waals surface area contributed by atoms with Gasteiger partial charge < -0.3 is 34.7 Å². The van der Waals surface area contributed by atoms with Crippen molar-refractivity contribution < 1.29 is 34.1 Å². The van der Waals surface area contributed by atoms with E-state index in [1.54, 1.807) is 9.80 Å². The van der Waals surface area contributed by atoms with Crippen LogP contribution in [0.15, 0.2) is 65.1 Å². The van der Waals surface area contributed by atoms with Crippen molar-refractivity contribution in [1.82, 2.24) is 5.32 Å². The molecular formula is C38H48BrN3O7Si. The molecule has 10 nitrogen and oxygen atoms in total. The lowest BCUT2D eigenvalue weighted by Gasteiger charge is -2.35. The molecule has 0 aromatic heterocycles. The third-order valence-electron chi connectivity index (χ3n) is 10.4. The fourth-order valence-corrected chi connectivity index (χ4v) is 11.3. The van der Waals surface area contributed by atoms with Gasteiger partial charge in [-0.15, -0.1) is 0 Å². The number of amides is 2. The van der Waals surface area contributed by atoms with Crippen molar-refractivity contribution in [2.45, 2.75) is 82.5 Å². The molecule has 3 aliphatic rings. The second kappa shape index (κ2) is 14.9. The Morgan fingerprint density at radius 2 is 1.82 bits per heavy atom. The normalized spacial score (nSPS) is 24.6. The predicted molar refractivity (Wildman–Crippen MR) is 199 cm³/mol. The molecule has 2 amide bonds. The summed E-state index contributed by atoms with van der Waals surface area (Å²) in [5.74, 6) is 0.161. The van der Waals surface area contributed by atoms with Gasteiger partial charge in [-0.05, 0) is 112 Å². The van der Waals surface area contributed by atoms with Crippen molar-refractivity contribution in [3.05, 3.63) is 81.8 Å². The maximum Gasteiger partial charge on any atom is 0.264 e. The van der Waals surface area contributed by atoms with Crippen LogP contribution in [0.4, 0.5) is 17.1 Å². The van der Waals surface area contributed by atoms with E-state index in [2.05, 4.69) is 21.2 Å². The minimum absolute atomic E-state index is 0.0702. The van der Waals surface area contributed by atoms with E-state index in [0.29, 0.717) is 38.1 Å². The van der Waals surface area contributed by atoms with Gasteiger partial charge in [0.2, 0.25) is 5.91 Å².